The lowest BCUT2D eigenvalue weighted by Crippen LogP contribution is -2.38. The van der Waals surface area contributed by atoms with Gasteiger partial charge >= 0.3 is 5.69 Å². The highest BCUT2D eigenvalue weighted by Crippen LogP contribution is 2.30. The molecule has 0 saturated carbocycles. The molecule has 1 aliphatic rings. The molecule has 1 saturated heterocycles. The van der Waals surface area contributed by atoms with E-state index in [2.05, 4.69) is 15.0 Å². The number of aliphatic hydroxyl groups is 2. The Kier molecular flexibility index (Phi) is 3.91. The number of azide groups is 1. The zero-order valence-electron chi connectivity index (χ0n) is 10.5. The second kappa shape index (κ2) is 5.47. The topological polar surface area (TPSA) is 153 Å². The number of aromatic amines is 1. The van der Waals surface area contributed by atoms with Gasteiger partial charge in [-0.2, -0.15) is 0 Å². The normalized spacial score (nSPS) is 29.1. The molecule has 10 nitrogen and oxygen atoms in total. The van der Waals surface area contributed by atoms with Gasteiger partial charge in [-0.1, -0.05) is 5.11 Å². The fourth-order valence-corrected chi connectivity index (χ4v) is 2.09. The Morgan fingerprint density at radius 2 is 2.30 bits per heavy atom. The molecule has 4 atom stereocenters. The van der Waals surface area contributed by atoms with Crippen molar-refractivity contribution >= 4 is 0 Å². The third-order valence-electron chi connectivity index (χ3n) is 3.12. The molecule has 3 N–H and O–H groups in total. The molecule has 10 heteroatoms. The average molecular weight is 283 g/mol. The number of aromatic nitrogens is 2. The van der Waals surface area contributed by atoms with Gasteiger partial charge in [-0.15, -0.1) is 0 Å². The molecule has 0 spiro atoms. The maximum atomic E-state index is 11.7. The van der Waals surface area contributed by atoms with Crippen molar-refractivity contribution in [1.29, 1.82) is 0 Å². The highest BCUT2D eigenvalue weighted by Gasteiger charge is 2.44. The molecule has 20 heavy (non-hydrogen) atoms. The Morgan fingerprint density at radius 1 is 1.60 bits per heavy atom. The second-order valence-electron chi connectivity index (χ2n) is 4.41. The van der Waals surface area contributed by atoms with Crippen LogP contribution < -0.4 is 11.2 Å². The van der Waals surface area contributed by atoms with Crippen LogP contribution in [0.4, 0.5) is 0 Å². The molecular formula is C10H13N5O5. The minimum Gasteiger partial charge on any atom is -0.394 e. The summed E-state index contributed by atoms with van der Waals surface area (Å²) in [6.07, 6.45) is -2.15. The van der Waals surface area contributed by atoms with Crippen LogP contribution in [0.2, 0.25) is 0 Å². The second-order valence-corrected chi connectivity index (χ2v) is 4.41. The average Bonchev–Trinajstić information content (AvgIpc) is 2.72. The van der Waals surface area contributed by atoms with Gasteiger partial charge in [-0.3, -0.25) is 14.3 Å². The number of nitrogens with zero attached hydrogens (tertiary/aromatic N) is 4. The Morgan fingerprint density at radius 3 is 2.90 bits per heavy atom. The van der Waals surface area contributed by atoms with Gasteiger partial charge in [0, 0.05) is 16.7 Å². The highest BCUT2D eigenvalue weighted by molar-refractivity contribution is 5.04. The fraction of sp³-hybridized carbons (Fsp3) is 0.600. The molecular weight excluding hydrogens is 270 g/mol. The molecule has 108 valence electrons. The van der Waals surface area contributed by atoms with Crippen molar-refractivity contribution in [2.24, 2.45) is 5.11 Å². The van der Waals surface area contributed by atoms with Gasteiger partial charge < -0.3 is 14.9 Å². The standard InChI is InChI=1S/C10H13N5O5/c1-4-2-15(10(19)12-8(4)18)9-7(17)6(13-14-11)5(3-16)20-9/h2,5-7,9,16-17H,3H2,1H3,(H,12,18,19)/t5-,6+,7?,9-/m0/s1. The minimum absolute atomic E-state index is 0.258. The zero-order valence-corrected chi connectivity index (χ0v) is 10.5. The van der Waals surface area contributed by atoms with E-state index in [1.165, 1.54) is 13.1 Å². The Bertz CT molecular complexity index is 661. The number of ether oxygens (including phenoxy) is 1. The summed E-state index contributed by atoms with van der Waals surface area (Å²) in [4.78, 5) is 27.7. The summed E-state index contributed by atoms with van der Waals surface area (Å²) < 4.78 is 6.32. The molecule has 0 bridgehead atoms. The summed E-state index contributed by atoms with van der Waals surface area (Å²) >= 11 is 0. The van der Waals surface area contributed by atoms with E-state index >= 15 is 0 Å². The predicted molar refractivity (Wildman–Crippen MR) is 66.0 cm³/mol. The number of H-pyrrole nitrogens is 1. The quantitative estimate of drug-likeness (QED) is 0.360. The SMILES string of the molecule is Cc1cn([C@H]2O[C@@H](CO)[C@@H](N=[N+]=[N-])C2O)c(=O)[nH]c1=O. The molecule has 1 unspecified atom stereocenters. The molecule has 2 heterocycles. The van der Waals surface area contributed by atoms with Gasteiger partial charge in [-0.05, 0) is 12.5 Å². The lowest BCUT2D eigenvalue weighted by molar-refractivity contribution is -0.0532. The maximum absolute atomic E-state index is 11.7. The van der Waals surface area contributed by atoms with Crippen LogP contribution >= 0.6 is 0 Å². The monoisotopic (exact) mass is 283 g/mol. The van der Waals surface area contributed by atoms with E-state index in [4.69, 9.17) is 15.4 Å². The summed E-state index contributed by atoms with van der Waals surface area (Å²) in [6, 6.07) is -1.02. The maximum Gasteiger partial charge on any atom is 0.330 e. The number of aliphatic hydroxyl groups excluding tert-OH is 2. The van der Waals surface area contributed by atoms with E-state index in [1.807, 2.05) is 0 Å². The third-order valence-corrected chi connectivity index (χ3v) is 3.12. The van der Waals surface area contributed by atoms with Crippen molar-refractivity contribution < 1.29 is 14.9 Å². The number of hydrogen-bond donors (Lipinski definition) is 3. The van der Waals surface area contributed by atoms with Gasteiger partial charge in [0.1, 0.15) is 6.10 Å². The summed E-state index contributed by atoms with van der Waals surface area (Å²) in [7, 11) is 0. The molecule has 1 aliphatic heterocycles. The van der Waals surface area contributed by atoms with Crippen LogP contribution in [0.3, 0.4) is 0 Å². The lowest BCUT2D eigenvalue weighted by atomic mass is 10.1. The van der Waals surface area contributed by atoms with Gasteiger partial charge in [0.25, 0.3) is 5.56 Å². The fourth-order valence-electron chi connectivity index (χ4n) is 2.09. The molecule has 0 amide bonds. The summed E-state index contributed by atoms with van der Waals surface area (Å²) in [5, 5.41) is 22.6. The van der Waals surface area contributed by atoms with Crippen LogP contribution in [0.15, 0.2) is 20.9 Å². The van der Waals surface area contributed by atoms with Crippen LogP contribution in [-0.2, 0) is 4.74 Å². The summed E-state index contributed by atoms with van der Waals surface area (Å²) in [5.74, 6) is 0. The Balaban J connectivity index is 2.44. The van der Waals surface area contributed by atoms with Gasteiger partial charge in [0.15, 0.2) is 6.23 Å². The predicted octanol–water partition coefficient (Wildman–Crippen LogP) is -1.23. The van der Waals surface area contributed by atoms with Crippen molar-refractivity contribution in [1.82, 2.24) is 9.55 Å². The van der Waals surface area contributed by atoms with Gasteiger partial charge in [0.05, 0.1) is 18.8 Å². The first-order valence-corrected chi connectivity index (χ1v) is 5.80. The number of rotatable bonds is 3. The van der Waals surface area contributed by atoms with E-state index in [-0.39, 0.29) is 5.56 Å². The number of hydrogen-bond acceptors (Lipinski definition) is 6. The van der Waals surface area contributed by atoms with E-state index in [0.717, 1.165) is 4.57 Å². The minimum atomic E-state index is -1.31. The Labute approximate surface area is 111 Å². The summed E-state index contributed by atoms with van der Waals surface area (Å²) in [5.41, 5.74) is 7.40. The van der Waals surface area contributed by atoms with E-state index in [1.54, 1.807) is 0 Å². The largest absolute Gasteiger partial charge is 0.394 e. The van der Waals surface area contributed by atoms with Crippen LogP contribution in [0, 0.1) is 6.92 Å². The first-order valence-electron chi connectivity index (χ1n) is 5.80. The molecule has 0 aliphatic carbocycles. The van der Waals surface area contributed by atoms with E-state index in [9.17, 15) is 14.7 Å². The number of aryl methyl sites for hydroxylation is 1. The van der Waals surface area contributed by atoms with Gasteiger partial charge in [-0.25, -0.2) is 4.79 Å². The summed E-state index contributed by atoms with van der Waals surface area (Å²) in [6.45, 7) is 1.01. The Hall–Kier alpha value is -2.13. The van der Waals surface area contributed by atoms with Gasteiger partial charge in [0.2, 0.25) is 0 Å². The molecule has 2 rings (SSSR count). The van der Waals surface area contributed by atoms with Crippen LogP contribution in [0.1, 0.15) is 11.8 Å². The van der Waals surface area contributed by atoms with Crippen LogP contribution in [0.5, 0.6) is 0 Å². The molecule has 1 fully saturated rings. The van der Waals surface area contributed by atoms with Crippen LogP contribution in [0.25, 0.3) is 10.4 Å². The van der Waals surface area contributed by atoms with Crippen molar-refractivity contribution in [2.75, 3.05) is 6.61 Å². The molecule has 1 aromatic heterocycles. The number of nitrogens with one attached hydrogen (secondary N) is 1. The van der Waals surface area contributed by atoms with Crippen LogP contribution in [-0.4, -0.2) is 44.6 Å². The van der Waals surface area contributed by atoms with Crippen molar-refractivity contribution in [3.63, 3.8) is 0 Å². The van der Waals surface area contributed by atoms with Crippen molar-refractivity contribution in [2.45, 2.75) is 31.4 Å². The van der Waals surface area contributed by atoms with Crippen molar-refractivity contribution in [3.05, 3.63) is 43.0 Å². The first-order chi connectivity index (χ1) is 9.49. The zero-order chi connectivity index (χ0) is 14.9. The first kappa shape index (κ1) is 14.3. The smallest absolute Gasteiger partial charge is 0.330 e. The lowest BCUT2D eigenvalue weighted by Gasteiger charge is -2.17. The molecule has 0 radical (unpaired) electrons. The van der Waals surface area contributed by atoms with Crippen molar-refractivity contribution in [3.8, 4) is 0 Å². The third kappa shape index (κ3) is 2.32. The van der Waals surface area contributed by atoms with E-state index < -0.39 is 42.3 Å². The highest BCUT2D eigenvalue weighted by atomic mass is 16.5. The molecule has 0 aromatic carbocycles. The van der Waals surface area contributed by atoms with E-state index in [0.29, 0.717) is 0 Å². The molecule has 1 aromatic rings.